The van der Waals surface area contributed by atoms with Crippen molar-refractivity contribution >= 4 is 30.7 Å². The van der Waals surface area contributed by atoms with Crippen LogP contribution in [-0.4, -0.2) is 18.5 Å². The molecular weight excluding hydrogens is 370 g/mol. The van der Waals surface area contributed by atoms with Gasteiger partial charge in [-0.2, -0.15) is 13.2 Å². The molecule has 23 heavy (non-hydrogen) atoms. The van der Waals surface area contributed by atoms with Crippen LogP contribution in [0.25, 0.3) is 10.1 Å². The number of rotatable bonds is 0. The largest absolute Gasteiger partial charge is 0.741 e. The molecule has 0 radical (unpaired) electrons. The molecule has 1 unspecified atom stereocenters. The summed E-state index contributed by atoms with van der Waals surface area (Å²) in [6.07, 6.45) is 0. The normalized spacial score (nSPS) is 13.7. The standard InChI is InChI=1S/C11H10F3S.CHF3O3S/c1-7-3-4-9-6-8(2)15(10(9)5-7)11(12,13)14;2-1(3,4)8(5,6)7/h3-6H,1-2H3;(H,5,6,7)/q+1;/p-1. The van der Waals surface area contributed by atoms with Crippen LogP contribution in [0.3, 0.4) is 0 Å². The summed E-state index contributed by atoms with van der Waals surface area (Å²) in [7, 11) is -7.80. The van der Waals surface area contributed by atoms with Gasteiger partial charge in [0.2, 0.25) is 0 Å². The molecule has 0 bridgehead atoms. The van der Waals surface area contributed by atoms with Gasteiger partial charge in [0.15, 0.2) is 19.7 Å². The van der Waals surface area contributed by atoms with E-state index in [4.69, 9.17) is 13.0 Å². The molecule has 2 aromatic rings. The van der Waals surface area contributed by atoms with Gasteiger partial charge in [0.25, 0.3) is 0 Å². The number of halogens is 6. The van der Waals surface area contributed by atoms with Gasteiger partial charge in [0.1, 0.15) is 0 Å². The number of fused-ring (bicyclic) bond motifs is 1. The van der Waals surface area contributed by atoms with Crippen LogP contribution in [-0.2, 0) is 15.6 Å². The molecule has 3 nitrogen and oxygen atoms in total. The summed E-state index contributed by atoms with van der Waals surface area (Å²) < 4.78 is 97.7. The third-order valence-corrected chi connectivity index (χ3v) is 5.17. The SMILES string of the molecule is Cc1ccc2cc(C)[s+](C(F)(F)F)c2c1.O=S(=O)([O-])C(F)(F)F. The van der Waals surface area contributed by atoms with Gasteiger partial charge < -0.3 is 4.55 Å². The first-order valence-electron chi connectivity index (χ1n) is 5.77. The molecule has 1 heterocycles. The monoisotopic (exact) mass is 380 g/mol. The van der Waals surface area contributed by atoms with Crippen LogP contribution in [0.4, 0.5) is 26.3 Å². The zero-order valence-electron chi connectivity index (χ0n) is 11.6. The maximum atomic E-state index is 12.8. The highest BCUT2D eigenvalue weighted by Crippen LogP contribution is 2.50. The van der Waals surface area contributed by atoms with E-state index < -0.39 is 31.6 Å². The predicted octanol–water partition coefficient (Wildman–Crippen LogP) is 4.73. The molecule has 1 aromatic heterocycles. The quantitative estimate of drug-likeness (QED) is 0.287. The molecule has 0 aliphatic carbocycles. The number of thiophene rings is 1. The highest BCUT2D eigenvalue weighted by molar-refractivity contribution is 7.86. The first-order valence-corrected chi connectivity index (χ1v) is 8.40. The van der Waals surface area contributed by atoms with Gasteiger partial charge in [0, 0.05) is 24.4 Å². The smallest absolute Gasteiger partial charge is 0.600 e. The molecule has 11 heteroatoms. The molecule has 0 saturated heterocycles. The van der Waals surface area contributed by atoms with Crippen LogP contribution in [0.15, 0.2) is 24.3 Å². The first-order chi connectivity index (χ1) is 10.1. The number of hydrogen-bond acceptors (Lipinski definition) is 3. The topological polar surface area (TPSA) is 57.2 Å². The minimum absolute atomic E-state index is 0.406. The van der Waals surface area contributed by atoms with Crippen molar-refractivity contribution in [1.29, 1.82) is 0 Å². The summed E-state index contributed by atoms with van der Waals surface area (Å²) in [6.45, 7) is 3.36. The fourth-order valence-corrected chi connectivity index (χ4v) is 3.57. The van der Waals surface area contributed by atoms with Gasteiger partial charge in [-0.3, -0.25) is 0 Å². The Morgan fingerprint density at radius 2 is 1.48 bits per heavy atom. The van der Waals surface area contributed by atoms with E-state index in [0.717, 1.165) is 5.56 Å². The first kappa shape index (κ1) is 19.7. The Bertz CT molecular complexity index is 803. The van der Waals surface area contributed by atoms with Gasteiger partial charge in [-0.15, -0.1) is 13.2 Å². The van der Waals surface area contributed by atoms with Gasteiger partial charge in [-0.05, 0) is 18.6 Å². The molecule has 1 aromatic carbocycles. The Kier molecular flexibility index (Phi) is 5.39. The Balaban J connectivity index is 0.000000284. The highest BCUT2D eigenvalue weighted by Gasteiger charge is 2.46. The van der Waals surface area contributed by atoms with Crippen molar-refractivity contribution in [2.75, 3.05) is 0 Å². The lowest BCUT2D eigenvalue weighted by Crippen LogP contribution is -2.21. The lowest BCUT2D eigenvalue weighted by atomic mass is 10.2. The fraction of sp³-hybridized carbons (Fsp3) is 0.333. The van der Waals surface area contributed by atoms with E-state index in [1.54, 1.807) is 25.1 Å². The van der Waals surface area contributed by atoms with Crippen LogP contribution in [0, 0.1) is 13.8 Å². The molecule has 0 fully saturated rings. The molecule has 0 saturated carbocycles. The fourth-order valence-electron chi connectivity index (χ4n) is 1.70. The van der Waals surface area contributed by atoms with E-state index in [1.165, 1.54) is 0 Å². The van der Waals surface area contributed by atoms with Gasteiger partial charge in [-0.1, -0.05) is 6.07 Å². The third-order valence-electron chi connectivity index (χ3n) is 2.58. The molecule has 0 N–H and O–H groups in total. The second-order valence-electron chi connectivity index (χ2n) is 4.45. The number of aryl methyl sites for hydroxylation is 2. The zero-order valence-corrected chi connectivity index (χ0v) is 13.3. The number of hydrogen-bond donors (Lipinski definition) is 0. The molecule has 1 atom stereocenters. The van der Waals surface area contributed by atoms with Crippen LogP contribution in [0.5, 0.6) is 0 Å². The van der Waals surface area contributed by atoms with E-state index in [9.17, 15) is 26.3 Å². The summed E-state index contributed by atoms with van der Waals surface area (Å²) in [5.41, 5.74) is -8.93. The summed E-state index contributed by atoms with van der Waals surface area (Å²) >= 11 is 0. The Morgan fingerprint density at radius 3 is 1.87 bits per heavy atom. The third kappa shape index (κ3) is 4.82. The van der Waals surface area contributed by atoms with Crippen molar-refractivity contribution in [2.45, 2.75) is 24.9 Å². The lowest BCUT2D eigenvalue weighted by molar-refractivity contribution is -0.0867. The average molecular weight is 380 g/mol. The Labute approximate surface area is 130 Å². The number of benzene rings is 1. The minimum Gasteiger partial charge on any atom is -0.741 e. The zero-order chi connectivity index (χ0) is 18.2. The van der Waals surface area contributed by atoms with Crippen LogP contribution < -0.4 is 0 Å². The average Bonchev–Trinajstić information content (AvgIpc) is 2.61. The molecule has 0 aliphatic heterocycles. The minimum atomic E-state index is -6.09. The Hall–Kier alpha value is -1.33. The van der Waals surface area contributed by atoms with Crippen molar-refractivity contribution < 1.29 is 39.3 Å². The molecule has 0 aliphatic rings. The maximum absolute atomic E-state index is 12.8. The molecular formula is C12H10F6O3S2. The molecule has 0 amide bonds. The second-order valence-corrected chi connectivity index (χ2v) is 7.98. The molecule has 130 valence electrons. The summed E-state index contributed by atoms with van der Waals surface area (Å²) in [5, 5.41) is 0.707. The Morgan fingerprint density at radius 1 is 1.00 bits per heavy atom. The van der Waals surface area contributed by atoms with Crippen LogP contribution in [0.1, 0.15) is 10.4 Å². The van der Waals surface area contributed by atoms with Crippen LogP contribution >= 0.6 is 10.5 Å². The maximum Gasteiger partial charge on any atom is 0.600 e. The van der Waals surface area contributed by atoms with E-state index in [2.05, 4.69) is 0 Å². The van der Waals surface area contributed by atoms with Gasteiger partial charge in [0.05, 0.1) is 10.5 Å². The van der Waals surface area contributed by atoms with Crippen molar-refractivity contribution in [1.82, 2.24) is 0 Å². The molecule has 2 rings (SSSR count). The van der Waals surface area contributed by atoms with E-state index in [1.807, 2.05) is 13.0 Å². The summed E-state index contributed by atoms with van der Waals surface area (Å²) in [5.74, 6) is 0. The lowest BCUT2D eigenvalue weighted by Gasteiger charge is -2.08. The van der Waals surface area contributed by atoms with Crippen LogP contribution in [0.2, 0.25) is 0 Å². The van der Waals surface area contributed by atoms with Gasteiger partial charge >= 0.3 is 11.0 Å². The van der Waals surface area contributed by atoms with Crippen molar-refractivity contribution in [3.63, 3.8) is 0 Å². The van der Waals surface area contributed by atoms with Crippen molar-refractivity contribution in [3.8, 4) is 0 Å². The predicted molar refractivity (Wildman–Crippen MR) is 73.0 cm³/mol. The van der Waals surface area contributed by atoms with Gasteiger partial charge in [-0.25, -0.2) is 8.42 Å². The van der Waals surface area contributed by atoms with E-state index >= 15 is 0 Å². The summed E-state index contributed by atoms with van der Waals surface area (Å²) in [4.78, 5) is 0.406. The van der Waals surface area contributed by atoms with Crippen molar-refractivity contribution in [2.24, 2.45) is 0 Å². The molecule has 0 spiro atoms. The van der Waals surface area contributed by atoms with E-state index in [-0.39, 0.29) is 0 Å². The number of alkyl halides is 6. The highest BCUT2D eigenvalue weighted by atomic mass is 32.2. The second kappa shape index (κ2) is 6.29. The summed E-state index contributed by atoms with van der Waals surface area (Å²) in [6, 6.07) is 6.86. The van der Waals surface area contributed by atoms with E-state index in [0.29, 0.717) is 15.0 Å². The van der Waals surface area contributed by atoms with Crippen molar-refractivity contribution in [3.05, 3.63) is 34.7 Å².